The minimum absolute atomic E-state index is 0.00241. The van der Waals surface area contributed by atoms with Crippen LogP contribution < -0.4 is 29.2 Å². The molecule has 2 amide bonds. The Labute approximate surface area is 181 Å². The van der Waals surface area contributed by atoms with Crippen LogP contribution in [0.25, 0.3) is 0 Å². The summed E-state index contributed by atoms with van der Waals surface area (Å²) in [5.41, 5.74) is 1.50. The van der Waals surface area contributed by atoms with Gasteiger partial charge in [-0.3, -0.25) is 9.59 Å². The molecule has 166 valence electrons. The predicted octanol–water partition coefficient (Wildman–Crippen LogP) is 2.25. The molecule has 1 aliphatic heterocycles. The van der Waals surface area contributed by atoms with Crippen molar-refractivity contribution in [3.8, 4) is 23.0 Å². The smallest absolute Gasteiger partial charge is 0.265 e. The fraction of sp³-hybridized carbons (Fsp3) is 0.364. The highest BCUT2D eigenvalue weighted by Gasteiger charge is 2.26. The number of hydrogen-bond donors (Lipinski definition) is 1. The lowest BCUT2D eigenvalue weighted by atomic mass is 10.1. The topological polar surface area (TPSA) is 89.6 Å². The van der Waals surface area contributed by atoms with Gasteiger partial charge in [0.05, 0.1) is 27.0 Å². The number of amides is 2. The first-order valence-corrected chi connectivity index (χ1v) is 9.71. The molecule has 9 heteroatoms. The van der Waals surface area contributed by atoms with E-state index in [1.165, 1.54) is 21.3 Å². The van der Waals surface area contributed by atoms with E-state index >= 15 is 0 Å². The molecule has 3 rings (SSSR count). The van der Waals surface area contributed by atoms with Gasteiger partial charge in [0, 0.05) is 24.3 Å². The number of ether oxygens (including phenoxy) is 4. The molecule has 2 aromatic carbocycles. The maximum absolute atomic E-state index is 12.9. The van der Waals surface area contributed by atoms with Crippen molar-refractivity contribution >= 4 is 23.2 Å². The third-order valence-corrected chi connectivity index (χ3v) is 4.86. The summed E-state index contributed by atoms with van der Waals surface area (Å²) in [5, 5.41) is 2.85. The lowest BCUT2D eigenvalue weighted by Crippen LogP contribution is -2.42. The molecule has 0 bridgehead atoms. The largest absolute Gasteiger partial charge is 0.493 e. The molecule has 1 heterocycles. The summed E-state index contributed by atoms with van der Waals surface area (Å²) in [7, 11) is 8.36. The molecule has 0 atom stereocenters. The first-order valence-electron chi connectivity index (χ1n) is 9.71. The molecule has 9 nitrogen and oxygen atoms in total. The van der Waals surface area contributed by atoms with Crippen LogP contribution in [0.1, 0.15) is 10.4 Å². The van der Waals surface area contributed by atoms with E-state index in [4.69, 9.17) is 18.9 Å². The van der Waals surface area contributed by atoms with Gasteiger partial charge < -0.3 is 34.1 Å². The Balaban J connectivity index is 1.87. The van der Waals surface area contributed by atoms with E-state index in [1.807, 2.05) is 19.0 Å². The van der Waals surface area contributed by atoms with Crippen LogP contribution in [0.15, 0.2) is 30.3 Å². The molecule has 2 aromatic rings. The zero-order valence-corrected chi connectivity index (χ0v) is 18.4. The average molecular weight is 429 g/mol. The van der Waals surface area contributed by atoms with Crippen molar-refractivity contribution in [3.63, 3.8) is 0 Å². The minimum Gasteiger partial charge on any atom is -0.493 e. The molecule has 1 N–H and O–H groups in total. The molecule has 0 saturated heterocycles. The van der Waals surface area contributed by atoms with Gasteiger partial charge in [0.25, 0.3) is 11.8 Å². The standard InChI is InChI=1S/C22H27N3O6/c1-24(2)8-9-25-16-12-15(6-7-17(16)31-13-20(25)26)23-22(27)14-10-18(28-3)21(30-5)19(11-14)29-4/h6-7,10-12H,8-9,13H2,1-5H3,(H,23,27). The predicted molar refractivity (Wildman–Crippen MR) is 117 cm³/mol. The molecular weight excluding hydrogens is 402 g/mol. The van der Waals surface area contributed by atoms with Gasteiger partial charge >= 0.3 is 0 Å². The third-order valence-electron chi connectivity index (χ3n) is 4.86. The van der Waals surface area contributed by atoms with E-state index in [0.717, 1.165) is 0 Å². The zero-order chi connectivity index (χ0) is 22.5. The second-order valence-electron chi connectivity index (χ2n) is 7.19. The number of nitrogens with zero attached hydrogens (tertiary/aromatic N) is 2. The SMILES string of the molecule is COc1cc(C(=O)Nc2ccc3c(c2)N(CCN(C)C)C(=O)CO3)cc(OC)c1OC. The third kappa shape index (κ3) is 4.83. The van der Waals surface area contributed by atoms with E-state index < -0.39 is 0 Å². The number of anilines is 2. The van der Waals surface area contributed by atoms with Crippen LogP contribution in [0.2, 0.25) is 0 Å². The summed E-state index contributed by atoms with van der Waals surface area (Å²) in [6.07, 6.45) is 0. The van der Waals surface area contributed by atoms with Gasteiger partial charge in [0.1, 0.15) is 5.75 Å². The highest BCUT2D eigenvalue weighted by Crippen LogP contribution is 2.39. The van der Waals surface area contributed by atoms with Crippen LogP contribution in [-0.4, -0.2) is 71.8 Å². The Morgan fingerprint density at radius 1 is 1.10 bits per heavy atom. The maximum atomic E-state index is 12.9. The van der Waals surface area contributed by atoms with Crippen LogP contribution in [0, 0.1) is 0 Å². The van der Waals surface area contributed by atoms with Crippen molar-refractivity contribution in [3.05, 3.63) is 35.9 Å². The van der Waals surface area contributed by atoms with Crippen molar-refractivity contribution < 1.29 is 28.5 Å². The summed E-state index contributed by atoms with van der Waals surface area (Å²) < 4.78 is 21.5. The Bertz CT molecular complexity index is 951. The fourth-order valence-electron chi connectivity index (χ4n) is 3.24. The lowest BCUT2D eigenvalue weighted by molar-refractivity contribution is -0.121. The minimum atomic E-state index is -0.359. The summed E-state index contributed by atoms with van der Waals surface area (Å²) in [6.45, 7) is 1.22. The number of methoxy groups -OCH3 is 3. The van der Waals surface area contributed by atoms with Crippen LogP contribution >= 0.6 is 0 Å². The normalized spacial score (nSPS) is 12.8. The monoisotopic (exact) mass is 429 g/mol. The Hall–Kier alpha value is -3.46. The number of benzene rings is 2. The Kier molecular flexibility index (Phi) is 6.86. The zero-order valence-electron chi connectivity index (χ0n) is 18.4. The van der Waals surface area contributed by atoms with Gasteiger partial charge in [-0.05, 0) is 44.4 Å². The van der Waals surface area contributed by atoms with Gasteiger partial charge in [0.15, 0.2) is 18.1 Å². The molecule has 0 fully saturated rings. The Morgan fingerprint density at radius 2 is 1.77 bits per heavy atom. The highest BCUT2D eigenvalue weighted by atomic mass is 16.5. The number of carbonyl (C=O) groups excluding carboxylic acids is 2. The lowest BCUT2D eigenvalue weighted by Gasteiger charge is -2.30. The van der Waals surface area contributed by atoms with Crippen LogP contribution in [-0.2, 0) is 4.79 Å². The second kappa shape index (κ2) is 9.57. The first-order chi connectivity index (χ1) is 14.9. The van der Waals surface area contributed by atoms with Gasteiger partial charge in [-0.1, -0.05) is 0 Å². The van der Waals surface area contributed by atoms with Crippen LogP contribution in [0.5, 0.6) is 23.0 Å². The summed E-state index contributed by atoms with van der Waals surface area (Å²) >= 11 is 0. The van der Waals surface area contributed by atoms with Crippen molar-refractivity contribution in [1.29, 1.82) is 0 Å². The molecule has 31 heavy (non-hydrogen) atoms. The van der Waals surface area contributed by atoms with E-state index in [2.05, 4.69) is 5.32 Å². The molecular formula is C22H27N3O6. The first kappa shape index (κ1) is 22.2. The van der Waals surface area contributed by atoms with Crippen LogP contribution in [0.3, 0.4) is 0 Å². The number of hydrogen-bond acceptors (Lipinski definition) is 7. The number of fused-ring (bicyclic) bond motifs is 1. The quantitative estimate of drug-likeness (QED) is 0.688. The average Bonchev–Trinajstić information content (AvgIpc) is 2.77. The van der Waals surface area contributed by atoms with E-state index in [0.29, 0.717) is 53.0 Å². The molecule has 0 aromatic heterocycles. The fourth-order valence-corrected chi connectivity index (χ4v) is 3.24. The second-order valence-corrected chi connectivity index (χ2v) is 7.19. The van der Waals surface area contributed by atoms with E-state index in [-0.39, 0.29) is 18.4 Å². The number of rotatable bonds is 8. The summed E-state index contributed by atoms with van der Waals surface area (Å²) in [4.78, 5) is 29.0. The number of likely N-dealkylation sites (N-methyl/N-ethyl adjacent to an activating group) is 1. The summed E-state index contributed by atoms with van der Waals surface area (Å²) in [6, 6.07) is 8.36. The van der Waals surface area contributed by atoms with Crippen molar-refractivity contribution in [2.75, 3.05) is 65.3 Å². The van der Waals surface area contributed by atoms with Gasteiger partial charge in [-0.25, -0.2) is 0 Å². The van der Waals surface area contributed by atoms with Gasteiger partial charge in [0.2, 0.25) is 5.75 Å². The molecule has 0 spiro atoms. The molecule has 0 saturated carbocycles. The summed E-state index contributed by atoms with van der Waals surface area (Å²) in [5.74, 6) is 1.29. The van der Waals surface area contributed by atoms with Gasteiger partial charge in [-0.15, -0.1) is 0 Å². The van der Waals surface area contributed by atoms with Gasteiger partial charge in [-0.2, -0.15) is 0 Å². The number of nitrogens with one attached hydrogen (secondary N) is 1. The van der Waals surface area contributed by atoms with Crippen molar-refractivity contribution in [2.45, 2.75) is 0 Å². The maximum Gasteiger partial charge on any atom is 0.265 e. The molecule has 0 radical (unpaired) electrons. The molecule has 0 aliphatic carbocycles. The van der Waals surface area contributed by atoms with Crippen LogP contribution in [0.4, 0.5) is 11.4 Å². The molecule has 1 aliphatic rings. The Morgan fingerprint density at radius 3 is 2.35 bits per heavy atom. The number of carbonyl (C=O) groups is 2. The molecule has 0 unspecified atom stereocenters. The highest BCUT2D eigenvalue weighted by molar-refractivity contribution is 6.06. The van der Waals surface area contributed by atoms with Crippen molar-refractivity contribution in [1.82, 2.24) is 4.90 Å². The van der Waals surface area contributed by atoms with E-state index in [9.17, 15) is 9.59 Å². The van der Waals surface area contributed by atoms with E-state index in [1.54, 1.807) is 35.2 Å². The van der Waals surface area contributed by atoms with Crippen molar-refractivity contribution in [2.24, 2.45) is 0 Å².